The van der Waals surface area contributed by atoms with Gasteiger partial charge in [0.15, 0.2) is 0 Å². The van der Waals surface area contributed by atoms with Gasteiger partial charge >= 0.3 is 0 Å². The second-order valence-corrected chi connectivity index (χ2v) is 9.77. The molecule has 2 atom stereocenters. The summed E-state index contributed by atoms with van der Waals surface area (Å²) >= 11 is 0. The Hall–Kier alpha value is -2.08. The molecule has 2 aromatic rings. The molecule has 1 aliphatic carbocycles. The van der Waals surface area contributed by atoms with Gasteiger partial charge in [-0.05, 0) is 73.6 Å². The molecule has 0 heterocycles. The van der Waals surface area contributed by atoms with Crippen molar-refractivity contribution in [3.8, 4) is 0 Å². The standard InChI is InChI=1S/C31H42/c1-6-7-9-15-25(4)30(27-16-10-8-11-17-27)31(28-21-19-23(2)20-22-28)26(5)29-18-13-12-14-24(29)3/h12-14,18-22,27,30-31H,4-11,15-17H2,1-3H3. The summed E-state index contributed by atoms with van der Waals surface area (Å²) in [6.45, 7) is 16.1. The summed E-state index contributed by atoms with van der Waals surface area (Å²) < 4.78 is 0. The first-order valence-corrected chi connectivity index (χ1v) is 12.5. The van der Waals surface area contributed by atoms with Crippen molar-refractivity contribution in [2.75, 3.05) is 0 Å². The Morgan fingerprint density at radius 2 is 1.58 bits per heavy atom. The van der Waals surface area contributed by atoms with E-state index in [9.17, 15) is 0 Å². The molecular formula is C31H42. The molecule has 0 saturated heterocycles. The molecule has 0 heteroatoms. The normalized spacial score (nSPS) is 16.6. The number of hydrogen-bond donors (Lipinski definition) is 0. The smallest absolute Gasteiger partial charge is 0.0157 e. The van der Waals surface area contributed by atoms with Gasteiger partial charge in [0.2, 0.25) is 0 Å². The predicted octanol–water partition coefficient (Wildman–Crippen LogP) is 9.43. The molecule has 31 heavy (non-hydrogen) atoms. The van der Waals surface area contributed by atoms with Crippen LogP contribution in [0.5, 0.6) is 0 Å². The Kier molecular flexibility index (Phi) is 8.76. The van der Waals surface area contributed by atoms with Gasteiger partial charge in [-0.2, -0.15) is 0 Å². The molecule has 0 nitrogen and oxygen atoms in total. The van der Waals surface area contributed by atoms with Crippen LogP contribution in [0.25, 0.3) is 5.57 Å². The van der Waals surface area contributed by atoms with Crippen molar-refractivity contribution < 1.29 is 0 Å². The van der Waals surface area contributed by atoms with Gasteiger partial charge < -0.3 is 0 Å². The lowest BCUT2D eigenvalue weighted by Crippen LogP contribution is -2.27. The topological polar surface area (TPSA) is 0 Å². The number of unbranched alkanes of at least 4 members (excludes halogenated alkanes) is 2. The van der Waals surface area contributed by atoms with Gasteiger partial charge in [-0.25, -0.2) is 0 Å². The molecule has 2 unspecified atom stereocenters. The van der Waals surface area contributed by atoms with E-state index < -0.39 is 0 Å². The summed E-state index contributed by atoms with van der Waals surface area (Å²) in [5.74, 6) is 1.50. The zero-order valence-corrected chi connectivity index (χ0v) is 20.1. The zero-order chi connectivity index (χ0) is 22.2. The van der Waals surface area contributed by atoms with Crippen molar-refractivity contribution in [1.82, 2.24) is 0 Å². The summed E-state index contributed by atoms with van der Waals surface area (Å²) in [5, 5.41) is 0. The van der Waals surface area contributed by atoms with E-state index >= 15 is 0 Å². The Labute approximate surface area is 191 Å². The van der Waals surface area contributed by atoms with E-state index in [0.717, 1.165) is 12.3 Å². The number of hydrogen-bond acceptors (Lipinski definition) is 0. The summed E-state index contributed by atoms with van der Waals surface area (Å²) in [6, 6.07) is 18.0. The maximum atomic E-state index is 4.74. The van der Waals surface area contributed by atoms with Crippen LogP contribution in [0.2, 0.25) is 0 Å². The minimum absolute atomic E-state index is 0.305. The van der Waals surface area contributed by atoms with Crippen LogP contribution < -0.4 is 0 Å². The summed E-state index contributed by atoms with van der Waals surface area (Å²) in [7, 11) is 0. The van der Waals surface area contributed by atoms with Crippen molar-refractivity contribution in [2.45, 2.75) is 84.5 Å². The van der Waals surface area contributed by atoms with E-state index in [0.29, 0.717) is 11.8 Å². The number of allylic oxidation sites excluding steroid dienone is 2. The highest BCUT2D eigenvalue weighted by molar-refractivity contribution is 5.72. The minimum atomic E-state index is 0.305. The Balaban J connectivity index is 2.05. The third kappa shape index (κ3) is 6.00. The number of aryl methyl sites for hydroxylation is 2. The average Bonchev–Trinajstić information content (AvgIpc) is 2.79. The largest absolute Gasteiger partial charge is 0.0995 e. The molecule has 0 radical (unpaired) electrons. The van der Waals surface area contributed by atoms with Gasteiger partial charge in [0, 0.05) is 5.92 Å². The number of rotatable bonds is 10. The lowest BCUT2D eigenvalue weighted by molar-refractivity contribution is 0.259. The molecule has 1 fully saturated rings. The Morgan fingerprint density at radius 3 is 2.23 bits per heavy atom. The van der Waals surface area contributed by atoms with E-state index in [1.54, 1.807) is 0 Å². The van der Waals surface area contributed by atoms with Gasteiger partial charge in [0.05, 0.1) is 0 Å². The van der Waals surface area contributed by atoms with Crippen molar-refractivity contribution >= 4 is 5.57 Å². The minimum Gasteiger partial charge on any atom is -0.0995 e. The molecule has 1 aliphatic rings. The maximum Gasteiger partial charge on any atom is 0.0157 e. The van der Waals surface area contributed by atoms with Crippen molar-refractivity contribution in [3.63, 3.8) is 0 Å². The predicted molar refractivity (Wildman–Crippen MR) is 137 cm³/mol. The van der Waals surface area contributed by atoms with Crippen molar-refractivity contribution in [3.05, 3.63) is 89.5 Å². The van der Waals surface area contributed by atoms with E-state index in [2.05, 4.69) is 69.3 Å². The van der Waals surface area contributed by atoms with Crippen LogP contribution in [-0.4, -0.2) is 0 Å². The molecule has 3 rings (SSSR count). The highest BCUT2D eigenvalue weighted by Crippen LogP contribution is 2.48. The molecule has 0 spiro atoms. The van der Waals surface area contributed by atoms with Crippen LogP contribution in [0.3, 0.4) is 0 Å². The lowest BCUT2D eigenvalue weighted by Gasteiger charge is -2.39. The Morgan fingerprint density at radius 1 is 0.903 bits per heavy atom. The SMILES string of the molecule is C=C(c1ccccc1C)C(c1ccc(C)cc1)C(C(=C)CCCCC)C1CCCCC1. The fourth-order valence-corrected chi connectivity index (χ4v) is 5.60. The second-order valence-electron chi connectivity index (χ2n) is 9.77. The van der Waals surface area contributed by atoms with Gasteiger partial charge in [-0.15, -0.1) is 0 Å². The fourth-order valence-electron chi connectivity index (χ4n) is 5.60. The Bertz CT molecular complexity index is 848. The molecule has 0 amide bonds. The third-order valence-corrected chi connectivity index (χ3v) is 7.39. The summed E-state index contributed by atoms with van der Waals surface area (Å²) in [6.07, 6.45) is 11.8. The fraction of sp³-hybridized carbons (Fsp3) is 0.484. The highest BCUT2D eigenvalue weighted by atomic mass is 14.4. The molecule has 1 saturated carbocycles. The van der Waals surface area contributed by atoms with Crippen molar-refractivity contribution in [2.24, 2.45) is 11.8 Å². The second kappa shape index (κ2) is 11.5. The van der Waals surface area contributed by atoms with Gasteiger partial charge in [0.1, 0.15) is 0 Å². The molecule has 166 valence electrons. The third-order valence-electron chi connectivity index (χ3n) is 7.39. The van der Waals surface area contributed by atoms with Crippen LogP contribution in [0.15, 0.2) is 67.3 Å². The van der Waals surface area contributed by atoms with Crippen LogP contribution in [0.1, 0.15) is 92.9 Å². The monoisotopic (exact) mass is 414 g/mol. The molecule has 0 bridgehead atoms. The van der Waals surface area contributed by atoms with E-state index in [1.807, 2.05) is 0 Å². The van der Waals surface area contributed by atoms with E-state index in [-0.39, 0.29) is 0 Å². The van der Waals surface area contributed by atoms with Crippen LogP contribution in [-0.2, 0) is 0 Å². The first-order chi connectivity index (χ1) is 15.0. The van der Waals surface area contributed by atoms with E-state index in [4.69, 9.17) is 13.2 Å². The maximum absolute atomic E-state index is 4.74. The summed E-state index contributed by atoms with van der Waals surface area (Å²) in [4.78, 5) is 0. The summed E-state index contributed by atoms with van der Waals surface area (Å²) in [5.41, 5.74) is 8.10. The quantitative estimate of drug-likeness (QED) is 0.268. The first kappa shape index (κ1) is 23.6. The first-order valence-electron chi connectivity index (χ1n) is 12.5. The lowest BCUT2D eigenvalue weighted by atomic mass is 9.65. The van der Waals surface area contributed by atoms with Gasteiger partial charge in [0.25, 0.3) is 0 Å². The van der Waals surface area contributed by atoms with Crippen LogP contribution >= 0.6 is 0 Å². The van der Waals surface area contributed by atoms with Crippen molar-refractivity contribution in [1.29, 1.82) is 0 Å². The molecular weight excluding hydrogens is 372 g/mol. The number of benzene rings is 2. The molecule has 2 aromatic carbocycles. The van der Waals surface area contributed by atoms with Crippen LogP contribution in [0, 0.1) is 25.7 Å². The van der Waals surface area contributed by atoms with E-state index in [1.165, 1.54) is 84.8 Å². The molecule has 0 aliphatic heterocycles. The van der Waals surface area contributed by atoms with Gasteiger partial charge in [-0.1, -0.05) is 112 Å². The highest BCUT2D eigenvalue weighted by Gasteiger charge is 2.35. The zero-order valence-electron chi connectivity index (χ0n) is 20.1. The average molecular weight is 415 g/mol. The van der Waals surface area contributed by atoms with Gasteiger partial charge in [-0.3, -0.25) is 0 Å². The molecule has 0 aromatic heterocycles. The molecule has 0 N–H and O–H groups in total. The van der Waals surface area contributed by atoms with Crippen LogP contribution in [0.4, 0.5) is 0 Å².